The highest BCUT2D eigenvalue weighted by molar-refractivity contribution is 5.72. The molecule has 1 aliphatic carbocycles. The molecule has 0 aromatic heterocycles. The van der Waals surface area contributed by atoms with E-state index in [4.69, 9.17) is 4.74 Å². The van der Waals surface area contributed by atoms with E-state index < -0.39 is 0 Å². The van der Waals surface area contributed by atoms with Crippen LogP contribution in [-0.4, -0.2) is 12.1 Å². The molecule has 1 aliphatic heterocycles. The predicted octanol–water partition coefficient (Wildman–Crippen LogP) is 5.10. The van der Waals surface area contributed by atoms with Crippen LogP contribution in [0.15, 0.2) is 0 Å². The van der Waals surface area contributed by atoms with Crippen molar-refractivity contribution < 1.29 is 9.53 Å². The van der Waals surface area contributed by atoms with Gasteiger partial charge in [-0.1, -0.05) is 58.8 Å². The quantitative estimate of drug-likeness (QED) is 0.632. The second kappa shape index (κ2) is 8.05. The highest BCUT2D eigenvalue weighted by Crippen LogP contribution is 2.35. The van der Waals surface area contributed by atoms with Gasteiger partial charge in [-0.25, -0.2) is 0 Å². The molecule has 2 rings (SSSR count). The second-order valence-electron chi connectivity index (χ2n) is 7.14. The summed E-state index contributed by atoms with van der Waals surface area (Å²) in [6.45, 7) is 4.27. The average Bonchev–Trinajstić information content (AvgIpc) is 2.47. The van der Waals surface area contributed by atoms with E-state index in [1.54, 1.807) is 0 Å². The fraction of sp³-hybridized carbons (Fsp3) is 0.944. The van der Waals surface area contributed by atoms with E-state index in [1.165, 1.54) is 51.4 Å². The molecular weight excluding hydrogens is 248 g/mol. The van der Waals surface area contributed by atoms with Crippen LogP contribution in [0.25, 0.3) is 0 Å². The van der Waals surface area contributed by atoms with Gasteiger partial charge in [0.2, 0.25) is 0 Å². The van der Waals surface area contributed by atoms with E-state index in [-0.39, 0.29) is 18.0 Å². The first-order valence-electron chi connectivity index (χ1n) is 8.89. The van der Waals surface area contributed by atoms with Crippen molar-refractivity contribution in [3.63, 3.8) is 0 Å². The third-order valence-electron chi connectivity index (χ3n) is 5.44. The Kier molecular flexibility index (Phi) is 6.38. The zero-order valence-corrected chi connectivity index (χ0v) is 13.4. The number of cyclic esters (lactones) is 1. The minimum absolute atomic E-state index is 0.0320. The molecule has 2 heteroatoms. The van der Waals surface area contributed by atoms with Crippen LogP contribution in [0.5, 0.6) is 0 Å². The Bertz CT molecular complexity index is 292. The van der Waals surface area contributed by atoms with Gasteiger partial charge in [0.15, 0.2) is 0 Å². The Morgan fingerprint density at radius 2 is 1.60 bits per heavy atom. The third kappa shape index (κ3) is 4.79. The van der Waals surface area contributed by atoms with Crippen LogP contribution in [0.4, 0.5) is 0 Å². The van der Waals surface area contributed by atoms with Crippen LogP contribution in [0.1, 0.15) is 84.5 Å². The van der Waals surface area contributed by atoms with Crippen LogP contribution in [0.3, 0.4) is 0 Å². The maximum absolute atomic E-state index is 11.6. The van der Waals surface area contributed by atoms with Crippen molar-refractivity contribution in [2.75, 3.05) is 0 Å². The smallest absolute Gasteiger partial charge is 0.308 e. The van der Waals surface area contributed by atoms with Crippen molar-refractivity contribution in [1.29, 1.82) is 0 Å². The number of ether oxygens (including phenoxy) is 1. The van der Waals surface area contributed by atoms with Crippen molar-refractivity contribution in [2.24, 2.45) is 17.8 Å². The number of carbonyl (C=O) groups excluding carboxylic acids is 1. The molecule has 0 N–H and O–H groups in total. The molecule has 20 heavy (non-hydrogen) atoms. The molecule has 116 valence electrons. The van der Waals surface area contributed by atoms with Gasteiger partial charge < -0.3 is 4.74 Å². The van der Waals surface area contributed by atoms with Crippen LogP contribution >= 0.6 is 0 Å². The number of hydrogen-bond donors (Lipinski definition) is 0. The first-order valence-corrected chi connectivity index (χ1v) is 8.89. The summed E-state index contributed by atoms with van der Waals surface area (Å²) >= 11 is 0. The summed E-state index contributed by atoms with van der Waals surface area (Å²) in [6, 6.07) is 0. The molecular formula is C18H32O2. The SMILES string of the molecule is CCCCC1CCC(CCC2CCC(C)C(=O)O2)CC1. The number of carbonyl (C=O) groups is 1. The van der Waals surface area contributed by atoms with Crippen molar-refractivity contribution >= 4 is 5.97 Å². The normalized spacial score (nSPS) is 34.8. The summed E-state index contributed by atoms with van der Waals surface area (Å²) in [4.78, 5) is 11.6. The minimum Gasteiger partial charge on any atom is -0.462 e. The Morgan fingerprint density at radius 1 is 0.950 bits per heavy atom. The van der Waals surface area contributed by atoms with Gasteiger partial charge in [-0.15, -0.1) is 0 Å². The molecule has 2 atom stereocenters. The van der Waals surface area contributed by atoms with Gasteiger partial charge >= 0.3 is 5.97 Å². The van der Waals surface area contributed by atoms with Gasteiger partial charge in [-0.3, -0.25) is 4.79 Å². The van der Waals surface area contributed by atoms with Crippen molar-refractivity contribution in [3.05, 3.63) is 0 Å². The van der Waals surface area contributed by atoms with Gasteiger partial charge in [0.25, 0.3) is 0 Å². The lowest BCUT2D eigenvalue weighted by Gasteiger charge is -2.31. The monoisotopic (exact) mass is 280 g/mol. The fourth-order valence-electron chi connectivity index (χ4n) is 3.82. The van der Waals surface area contributed by atoms with E-state index in [9.17, 15) is 4.79 Å². The summed E-state index contributed by atoms with van der Waals surface area (Å²) in [6.07, 6.45) is 14.6. The van der Waals surface area contributed by atoms with E-state index in [0.29, 0.717) is 0 Å². The molecule has 1 heterocycles. The topological polar surface area (TPSA) is 26.3 Å². The summed E-state index contributed by atoms with van der Waals surface area (Å²) < 4.78 is 5.52. The second-order valence-corrected chi connectivity index (χ2v) is 7.14. The molecule has 0 amide bonds. The maximum atomic E-state index is 11.6. The Balaban J connectivity index is 1.60. The van der Waals surface area contributed by atoms with Gasteiger partial charge in [0, 0.05) is 0 Å². The first-order chi connectivity index (χ1) is 9.69. The highest BCUT2D eigenvalue weighted by Gasteiger charge is 2.28. The lowest BCUT2D eigenvalue weighted by Crippen LogP contribution is -2.30. The summed E-state index contributed by atoms with van der Waals surface area (Å²) in [5.41, 5.74) is 0. The maximum Gasteiger partial charge on any atom is 0.308 e. The standard InChI is InChI=1S/C18H32O2/c1-3-4-5-15-7-9-16(10-8-15)11-13-17-12-6-14(2)18(19)20-17/h14-17H,3-13H2,1-2H3. The molecule has 2 nitrogen and oxygen atoms in total. The molecule has 0 aromatic carbocycles. The zero-order valence-electron chi connectivity index (χ0n) is 13.4. The molecule has 1 saturated heterocycles. The number of esters is 1. The summed E-state index contributed by atoms with van der Waals surface area (Å²) in [5, 5.41) is 0. The van der Waals surface area contributed by atoms with Gasteiger partial charge in [-0.2, -0.15) is 0 Å². The lowest BCUT2D eigenvalue weighted by atomic mass is 9.77. The van der Waals surface area contributed by atoms with Crippen LogP contribution in [-0.2, 0) is 9.53 Å². The molecule has 2 aliphatic rings. The molecule has 0 aromatic rings. The molecule has 2 fully saturated rings. The zero-order chi connectivity index (χ0) is 14.4. The Labute approximate surface area is 124 Å². The van der Waals surface area contributed by atoms with E-state index in [0.717, 1.165) is 31.1 Å². The van der Waals surface area contributed by atoms with E-state index >= 15 is 0 Å². The third-order valence-corrected chi connectivity index (χ3v) is 5.44. The lowest BCUT2D eigenvalue weighted by molar-refractivity contribution is -0.160. The highest BCUT2D eigenvalue weighted by atomic mass is 16.5. The summed E-state index contributed by atoms with van der Waals surface area (Å²) in [7, 11) is 0. The molecule has 1 saturated carbocycles. The number of rotatable bonds is 6. The van der Waals surface area contributed by atoms with Crippen molar-refractivity contribution in [3.8, 4) is 0 Å². The fourth-order valence-corrected chi connectivity index (χ4v) is 3.82. The van der Waals surface area contributed by atoms with Crippen molar-refractivity contribution in [1.82, 2.24) is 0 Å². The molecule has 0 spiro atoms. The largest absolute Gasteiger partial charge is 0.462 e. The summed E-state index contributed by atoms with van der Waals surface area (Å²) in [5.74, 6) is 2.05. The Morgan fingerprint density at radius 3 is 2.20 bits per heavy atom. The van der Waals surface area contributed by atoms with Crippen LogP contribution < -0.4 is 0 Å². The predicted molar refractivity (Wildman–Crippen MR) is 82.5 cm³/mol. The molecule has 0 bridgehead atoms. The Hall–Kier alpha value is -0.530. The van der Waals surface area contributed by atoms with Gasteiger partial charge in [0.1, 0.15) is 6.10 Å². The first kappa shape index (κ1) is 15.9. The minimum atomic E-state index is 0.0320. The average molecular weight is 280 g/mol. The molecule has 2 unspecified atom stereocenters. The van der Waals surface area contributed by atoms with Gasteiger partial charge in [0.05, 0.1) is 5.92 Å². The van der Waals surface area contributed by atoms with E-state index in [2.05, 4.69) is 6.92 Å². The van der Waals surface area contributed by atoms with E-state index in [1.807, 2.05) is 6.92 Å². The van der Waals surface area contributed by atoms with Crippen molar-refractivity contribution in [2.45, 2.75) is 90.6 Å². The van der Waals surface area contributed by atoms with Gasteiger partial charge in [-0.05, 0) is 37.5 Å². The number of unbranched alkanes of at least 4 members (excludes halogenated alkanes) is 1. The van der Waals surface area contributed by atoms with Crippen LogP contribution in [0.2, 0.25) is 0 Å². The van der Waals surface area contributed by atoms with Crippen LogP contribution in [0, 0.1) is 17.8 Å². The number of hydrogen-bond acceptors (Lipinski definition) is 2. The molecule has 0 radical (unpaired) electrons.